The van der Waals surface area contributed by atoms with Gasteiger partial charge in [-0.15, -0.1) is 0 Å². The number of carboxylic acid groups (broad SMARTS) is 1. The largest absolute Gasteiger partial charge is 0.479 e. The maximum Gasteiger partial charge on any atom is 0.336 e. The summed E-state index contributed by atoms with van der Waals surface area (Å²) in [4.78, 5) is 11.0. The van der Waals surface area contributed by atoms with E-state index in [2.05, 4.69) is 0 Å². The number of aliphatic hydroxyl groups is 3. The van der Waals surface area contributed by atoms with E-state index >= 15 is 0 Å². The number of aliphatic carboxylic acids is 1. The number of ether oxygens (including phenoxy) is 1. The summed E-state index contributed by atoms with van der Waals surface area (Å²) in [6, 6.07) is 0. The van der Waals surface area contributed by atoms with Gasteiger partial charge >= 0.3 is 5.97 Å². The maximum absolute atomic E-state index is 11.0. The normalized spacial score (nSPS) is 14.9. The Morgan fingerprint density at radius 1 is 1.07 bits per heavy atom. The highest BCUT2D eigenvalue weighted by Crippen LogP contribution is 2.22. The number of rotatable bonds is 9. The van der Waals surface area contributed by atoms with E-state index in [0.717, 1.165) is 0 Å². The van der Waals surface area contributed by atoms with Gasteiger partial charge in [-0.1, -0.05) is 0 Å². The van der Waals surface area contributed by atoms with Crippen LogP contribution in [-0.2, 0) is 9.53 Å². The first-order valence-electron chi connectivity index (χ1n) is 4.83. The van der Waals surface area contributed by atoms with Crippen LogP contribution in [0.25, 0.3) is 0 Å². The molecule has 0 fully saturated rings. The Kier molecular flexibility index (Phi) is 7.23. The van der Waals surface area contributed by atoms with Gasteiger partial charge in [-0.3, -0.25) is 0 Å². The van der Waals surface area contributed by atoms with Gasteiger partial charge in [0.25, 0.3) is 0 Å². The lowest BCUT2D eigenvalue weighted by Crippen LogP contribution is -2.43. The third kappa shape index (κ3) is 4.57. The third-order valence-corrected chi connectivity index (χ3v) is 2.11. The van der Waals surface area contributed by atoms with E-state index in [4.69, 9.17) is 25.2 Å². The molecule has 1 unspecified atom stereocenters. The fraction of sp³-hybridized carbons (Fsp3) is 0.889. The summed E-state index contributed by atoms with van der Waals surface area (Å²) in [6.45, 7) is -0.830. The lowest BCUT2D eigenvalue weighted by molar-refractivity contribution is -0.171. The lowest BCUT2D eigenvalue weighted by Gasteiger charge is -2.28. The zero-order valence-corrected chi connectivity index (χ0v) is 8.56. The molecule has 0 saturated heterocycles. The topological polar surface area (TPSA) is 107 Å². The van der Waals surface area contributed by atoms with Gasteiger partial charge in [0.1, 0.15) is 0 Å². The summed E-state index contributed by atoms with van der Waals surface area (Å²) < 4.78 is 5.06. The molecule has 0 aromatic carbocycles. The lowest BCUT2D eigenvalue weighted by atomic mass is 9.94. The van der Waals surface area contributed by atoms with E-state index in [-0.39, 0.29) is 45.7 Å². The molecule has 0 rings (SSSR count). The van der Waals surface area contributed by atoms with E-state index in [9.17, 15) is 4.79 Å². The quantitative estimate of drug-likeness (QED) is 0.397. The molecule has 0 heterocycles. The van der Waals surface area contributed by atoms with Crippen molar-refractivity contribution >= 4 is 5.97 Å². The second-order valence-electron chi connectivity index (χ2n) is 3.17. The molecule has 4 N–H and O–H groups in total. The van der Waals surface area contributed by atoms with Gasteiger partial charge in [0.05, 0.1) is 13.2 Å². The first kappa shape index (κ1) is 14.3. The van der Waals surface area contributed by atoms with Crippen LogP contribution in [0.1, 0.15) is 19.3 Å². The van der Waals surface area contributed by atoms with Crippen molar-refractivity contribution < 1.29 is 30.0 Å². The van der Waals surface area contributed by atoms with Crippen molar-refractivity contribution in [3.05, 3.63) is 0 Å². The molecule has 0 bridgehead atoms. The Morgan fingerprint density at radius 3 is 2.13 bits per heavy atom. The van der Waals surface area contributed by atoms with Crippen molar-refractivity contribution in [1.82, 2.24) is 0 Å². The number of carbonyl (C=O) groups is 1. The summed E-state index contributed by atoms with van der Waals surface area (Å²) in [6.07, 6.45) is 0.333. The summed E-state index contributed by atoms with van der Waals surface area (Å²) >= 11 is 0. The van der Waals surface area contributed by atoms with Crippen molar-refractivity contribution in [2.75, 3.05) is 26.4 Å². The SMILES string of the molecule is O=C(O)C(CCO)(CCCO)OCCO. The fourth-order valence-corrected chi connectivity index (χ4v) is 1.33. The summed E-state index contributed by atoms with van der Waals surface area (Å²) in [7, 11) is 0. The Bertz CT molecular complexity index is 173. The molecule has 15 heavy (non-hydrogen) atoms. The van der Waals surface area contributed by atoms with Crippen molar-refractivity contribution in [3.63, 3.8) is 0 Å². The second-order valence-corrected chi connectivity index (χ2v) is 3.17. The molecule has 0 saturated carbocycles. The summed E-state index contributed by atoms with van der Waals surface area (Å²) in [5.74, 6) is -1.18. The highest BCUT2D eigenvalue weighted by molar-refractivity contribution is 5.77. The molecule has 0 aromatic heterocycles. The first-order chi connectivity index (χ1) is 7.13. The van der Waals surface area contributed by atoms with Crippen molar-refractivity contribution in [2.24, 2.45) is 0 Å². The molecule has 0 radical (unpaired) electrons. The van der Waals surface area contributed by atoms with Crippen molar-refractivity contribution in [2.45, 2.75) is 24.9 Å². The number of aliphatic hydroxyl groups excluding tert-OH is 3. The first-order valence-corrected chi connectivity index (χ1v) is 4.83. The molecule has 6 heteroatoms. The van der Waals surface area contributed by atoms with E-state index in [0.29, 0.717) is 0 Å². The molecule has 1 atom stereocenters. The zero-order valence-electron chi connectivity index (χ0n) is 8.56. The van der Waals surface area contributed by atoms with Gasteiger partial charge in [0.2, 0.25) is 0 Å². The molecule has 6 nitrogen and oxygen atoms in total. The smallest absolute Gasteiger partial charge is 0.336 e. The van der Waals surface area contributed by atoms with Crippen LogP contribution in [0.3, 0.4) is 0 Å². The number of hydrogen-bond acceptors (Lipinski definition) is 5. The monoisotopic (exact) mass is 222 g/mol. The second kappa shape index (κ2) is 7.58. The maximum atomic E-state index is 11.0. The van der Waals surface area contributed by atoms with E-state index in [1.165, 1.54) is 0 Å². The van der Waals surface area contributed by atoms with Crippen LogP contribution < -0.4 is 0 Å². The standard InChI is InChI=1S/C9H18O6/c10-4-1-2-9(3-5-11,8(13)14)15-7-6-12/h10-12H,1-7H2,(H,13,14). The molecule has 0 amide bonds. The predicted octanol–water partition coefficient (Wildman–Crippen LogP) is -1.03. The summed E-state index contributed by atoms with van der Waals surface area (Å²) in [5, 5.41) is 35.0. The number of carboxylic acids is 1. The van der Waals surface area contributed by atoms with Crippen LogP contribution in [0.4, 0.5) is 0 Å². The van der Waals surface area contributed by atoms with Crippen LogP contribution in [0.5, 0.6) is 0 Å². The van der Waals surface area contributed by atoms with Gasteiger partial charge in [-0.25, -0.2) is 4.79 Å². The Balaban J connectivity index is 4.48. The fourth-order valence-electron chi connectivity index (χ4n) is 1.33. The minimum Gasteiger partial charge on any atom is -0.479 e. The van der Waals surface area contributed by atoms with Crippen LogP contribution in [0.2, 0.25) is 0 Å². The van der Waals surface area contributed by atoms with Crippen LogP contribution in [-0.4, -0.2) is 58.4 Å². The van der Waals surface area contributed by atoms with Gasteiger partial charge in [0.15, 0.2) is 5.60 Å². The Morgan fingerprint density at radius 2 is 1.73 bits per heavy atom. The highest BCUT2D eigenvalue weighted by atomic mass is 16.5. The van der Waals surface area contributed by atoms with Crippen molar-refractivity contribution in [3.8, 4) is 0 Å². The molecule has 0 aromatic rings. The molecular weight excluding hydrogens is 204 g/mol. The molecule has 0 aliphatic carbocycles. The van der Waals surface area contributed by atoms with E-state index in [1.807, 2.05) is 0 Å². The minimum atomic E-state index is -1.50. The zero-order chi connectivity index (χ0) is 11.7. The van der Waals surface area contributed by atoms with E-state index < -0.39 is 11.6 Å². The Labute approximate surface area is 88.1 Å². The predicted molar refractivity (Wildman–Crippen MR) is 51.4 cm³/mol. The highest BCUT2D eigenvalue weighted by Gasteiger charge is 2.38. The van der Waals surface area contributed by atoms with Crippen LogP contribution in [0.15, 0.2) is 0 Å². The van der Waals surface area contributed by atoms with Gasteiger partial charge in [-0.05, 0) is 12.8 Å². The minimum absolute atomic E-state index is 0.0532. The van der Waals surface area contributed by atoms with Gasteiger partial charge < -0.3 is 25.2 Å². The van der Waals surface area contributed by atoms with Crippen molar-refractivity contribution in [1.29, 1.82) is 0 Å². The molecule has 90 valence electrons. The number of hydrogen-bond donors (Lipinski definition) is 4. The Hall–Kier alpha value is -0.690. The molecule has 0 spiro atoms. The van der Waals surface area contributed by atoms with Gasteiger partial charge in [0, 0.05) is 19.6 Å². The molecular formula is C9H18O6. The average Bonchev–Trinajstić information content (AvgIpc) is 2.22. The van der Waals surface area contributed by atoms with Crippen LogP contribution >= 0.6 is 0 Å². The van der Waals surface area contributed by atoms with E-state index in [1.54, 1.807) is 0 Å². The van der Waals surface area contributed by atoms with Gasteiger partial charge in [-0.2, -0.15) is 0 Å². The van der Waals surface area contributed by atoms with Crippen LogP contribution in [0, 0.1) is 0 Å². The molecule has 0 aliphatic heterocycles. The average molecular weight is 222 g/mol. The summed E-state index contributed by atoms with van der Waals surface area (Å²) in [5.41, 5.74) is -1.50. The third-order valence-electron chi connectivity index (χ3n) is 2.11. The molecule has 0 aliphatic rings.